The Labute approximate surface area is 85.1 Å². The smallest absolute Gasteiger partial charge is 0 e. The molecule has 0 aromatic carbocycles. The summed E-state index contributed by atoms with van der Waals surface area (Å²) in [5, 5.41) is 0. The van der Waals surface area contributed by atoms with E-state index in [1.807, 2.05) is 0 Å². The van der Waals surface area contributed by atoms with Crippen LogP contribution in [-0.2, 0) is 49.3 Å². The summed E-state index contributed by atoms with van der Waals surface area (Å²) in [5.74, 6) is 0. The van der Waals surface area contributed by atoms with Crippen LogP contribution in [0.5, 0.6) is 0 Å². The zero-order valence-corrected chi connectivity index (χ0v) is 5.43. The average Bonchev–Trinajstić information content (AvgIpc) is 1.00. The predicted molar refractivity (Wildman–Crippen MR) is 9.23 cm³/mol. The molecular formula is H2CaOTiZr. The Morgan fingerprint density at radius 2 is 1.25 bits per heavy atom. The van der Waals surface area contributed by atoms with Crippen LogP contribution in [0.2, 0.25) is 0 Å². The van der Waals surface area contributed by atoms with Gasteiger partial charge in [0.15, 0.2) is 0 Å². The summed E-state index contributed by atoms with van der Waals surface area (Å²) in [6.45, 7) is 0. The van der Waals surface area contributed by atoms with Gasteiger partial charge in [-0.1, -0.05) is 0 Å². The van der Waals surface area contributed by atoms with Gasteiger partial charge in [0.1, 0.15) is 0 Å². The number of hydrogen-bond donors (Lipinski definition) is 0. The molecule has 0 amide bonds. The third-order valence-electron chi connectivity index (χ3n) is 0. The maximum absolute atomic E-state index is 8.34. The van der Waals surface area contributed by atoms with E-state index in [0.29, 0.717) is 24.7 Å². The summed E-state index contributed by atoms with van der Waals surface area (Å²) in [6, 6.07) is 0. The molecule has 0 aromatic rings. The van der Waals surface area contributed by atoms with Gasteiger partial charge < -0.3 is 0 Å². The second-order valence-electron chi connectivity index (χ2n) is 0. The monoisotopic (exact) mass is 196 g/mol. The first-order valence-corrected chi connectivity index (χ1v) is 1.21. The first-order chi connectivity index (χ1) is 1.00. The molecular weight excluding hydrogens is 195 g/mol. The van der Waals surface area contributed by atoms with Crippen molar-refractivity contribution >= 4 is 37.7 Å². The largest absolute Gasteiger partial charge is 0 e. The van der Waals surface area contributed by atoms with Crippen molar-refractivity contribution < 1.29 is 49.3 Å². The second-order valence-corrected chi connectivity index (χ2v) is 0. The molecule has 0 heterocycles. The van der Waals surface area contributed by atoms with Crippen molar-refractivity contribution in [2.75, 3.05) is 0 Å². The van der Waals surface area contributed by atoms with Gasteiger partial charge in [0.2, 0.25) is 0 Å². The van der Waals surface area contributed by atoms with E-state index in [-0.39, 0.29) is 59.5 Å². The van der Waals surface area contributed by atoms with E-state index in [9.17, 15) is 0 Å². The van der Waals surface area contributed by atoms with Crippen LogP contribution in [0.4, 0.5) is 0 Å². The molecule has 4 heavy (non-hydrogen) atoms. The van der Waals surface area contributed by atoms with Crippen LogP contribution in [0.15, 0.2) is 0 Å². The Hall–Kier alpha value is 2.66. The van der Waals surface area contributed by atoms with Crippen LogP contribution in [0.3, 0.4) is 0 Å². The molecule has 1 nitrogen and oxygen atoms in total. The predicted octanol–water partition coefficient (Wildman–Crippen LogP) is -1.04. The first kappa shape index (κ1) is 15.9. The average molecular weight is 197 g/mol. The fourth-order valence-electron chi connectivity index (χ4n) is 0. The molecule has 0 saturated heterocycles. The maximum atomic E-state index is 8.34. The minimum Gasteiger partial charge on any atom is 0 e. The first-order valence-electron chi connectivity index (χ1n) is 0.204. The Morgan fingerprint density at radius 1 is 1.25 bits per heavy atom. The van der Waals surface area contributed by atoms with Crippen molar-refractivity contribution in [3.63, 3.8) is 0 Å². The molecule has 0 atom stereocenters. The molecule has 0 aromatic heterocycles. The third-order valence-corrected chi connectivity index (χ3v) is 0. The molecule has 0 saturated carbocycles. The zero-order valence-electron chi connectivity index (χ0n) is 1.41. The second kappa shape index (κ2) is 17.4. The summed E-state index contributed by atoms with van der Waals surface area (Å²) in [4.78, 5) is 0. The standard InChI is InChI=1S/Ca.O.Ti.Zr.2H. The Balaban J connectivity index is -0.00000000500. The molecule has 0 N–H and O–H groups in total. The molecule has 18 valence electrons. The fraction of sp³-hybridized carbons (Fsp3) is 0. The van der Waals surface area contributed by atoms with Crippen LogP contribution >= 0.6 is 0 Å². The molecule has 0 bridgehead atoms. The summed E-state index contributed by atoms with van der Waals surface area (Å²) in [5.41, 5.74) is 0. The SMILES string of the molecule is [CaH2].[O]=[Zr].[Ti]. The van der Waals surface area contributed by atoms with Gasteiger partial charge in [-0.25, -0.2) is 0 Å². The zero-order chi connectivity index (χ0) is 2.00. The third kappa shape index (κ3) is 8.82. The van der Waals surface area contributed by atoms with Gasteiger partial charge in [-0.15, -0.1) is 0 Å². The van der Waals surface area contributed by atoms with Crippen LogP contribution in [0.1, 0.15) is 0 Å². The van der Waals surface area contributed by atoms with E-state index in [1.165, 1.54) is 0 Å². The normalized spacial score (nSPS) is 0.750. The minimum absolute atomic E-state index is 0. The van der Waals surface area contributed by atoms with Gasteiger partial charge in [0, 0.05) is 21.7 Å². The van der Waals surface area contributed by atoms with E-state index >= 15 is 0 Å². The topological polar surface area (TPSA) is 17.1 Å². The van der Waals surface area contributed by atoms with Crippen molar-refractivity contribution in [1.29, 1.82) is 0 Å². The summed E-state index contributed by atoms with van der Waals surface area (Å²) in [7, 11) is 0. The van der Waals surface area contributed by atoms with Crippen molar-refractivity contribution in [3.05, 3.63) is 0 Å². The molecule has 0 aliphatic carbocycles. The van der Waals surface area contributed by atoms with Gasteiger partial charge in [-0.3, -0.25) is 0 Å². The van der Waals surface area contributed by atoms with E-state index in [0.717, 1.165) is 0 Å². The number of rotatable bonds is 0. The van der Waals surface area contributed by atoms with Crippen molar-refractivity contribution in [1.82, 2.24) is 0 Å². The van der Waals surface area contributed by atoms with Crippen LogP contribution < -0.4 is 0 Å². The Morgan fingerprint density at radius 3 is 1.25 bits per heavy atom. The van der Waals surface area contributed by atoms with Crippen molar-refractivity contribution in [2.45, 2.75) is 0 Å². The summed E-state index contributed by atoms with van der Waals surface area (Å²) < 4.78 is 8.34. The van der Waals surface area contributed by atoms with Gasteiger partial charge in [-0.2, -0.15) is 0 Å². The molecule has 0 aliphatic rings. The van der Waals surface area contributed by atoms with Crippen molar-refractivity contribution in [3.8, 4) is 0 Å². The van der Waals surface area contributed by atoms with Gasteiger partial charge in [0.05, 0.1) is 0 Å². The van der Waals surface area contributed by atoms with Crippen LogP contribution in [-0.4, -0.2) is 37.7 Å². The molecule has 4 heteroatoms. The summed E-state index contributed by atoms with van der Waals surface area (Å²) >= 11 is 0.300. The molecule has 0 unspecified atom stereocenters. The maximum Gasteiger partial charge on any atom is 0 e. The molecule has 0 aliphatic heterocycles. The Bertz CT molecular complexity index is 8.00. The van der Waals surface area contributed by atoms with Gasteiger partial charge >= 0.3 is 65.3 Å². The van der Waals surface area contributed by atoms with Crippen LogP contribution in [0, 0.1) is 0 Å². The summed E-state index contributed by atoms with van der Waals surface area (Å²) in [6.07, 6.45) is 0. The molecule has 0 radical (unpaired) electrons. The van der Waals surface area contributed by atoms with Crippen molar-refractivity contribution in [2.24, 2.45) is 0 Å². The van der Waals surface area contributed by atoms with E-state index in [2.05, 4.69) is 0 Å². The van der Waals surface area contributed by atoms with Crippen LogP contribution in [0.25, 0.3) is 0 Å². The molecule has 0 fully saturated rings. The van der Waals surface area contributed by atoms with Gasteiger partial charge in [0.25, 0.3) is 0 Å². The van der Waals surface area contributed by atoms with Gasteiger partial charge in [-0.05, 0) is 0 Å². The van der Waals surface area contributed by atoms with E-state index in [1.54, 1.807) is 0 Å². The Kier molecular flexibility index (Phi) is 69.2. The fourth-order valence-corrected chi connectivity index (χ4v) is 0. The molecule has 0 rings (SSSR count). The van der Waals surface area contributed by atoms with E-state index < -0.39 is 0 Å². The minimum atomic E-state index is 0. The quantitative estimate of drug-likeness (QED) is 0.453. The van der Waals surface area contributed by atoms with E-state index in [4.69, 9.17) is 2.81 Å². The number of hydrogen-bond acceptors (Lipinski definition) is 1. The molecule has 0 spiro atoms.